The summed E-state index contributed by atoms with van der Waals surface area (Å²) in [5.74, 6) is -3.68. The Morgan fingerprint density at radius 2 is 1.96 bits per heavy atom. The molecule has 3 rings (SSSR count). The van der Waals surface area contributed by atoms with E-state index in [-0.39, 0.29) is 22.6 Å². The molecule has 0 saturated carbocycles. The van der Waals surface area contributed by atoms with E-state index in [1.165, 1.54) is 25.1 Å². The average molecular weight is 355 g/mol. The molecule has 0 saturated heterocycles. The minimum Gasteiger partial charge on any atom is -0.423 e. The third kappa shape index (κ3) is 3.05. The minimum absolute atomic E-state index is 0.0504. The summed E-state index contributed by atoms with van der Waals surface area (Å²) in [5.41, 5.74) is -0.271. The van der Waals surface area contributed by atoms with Crippen LogP contribution in [0.2, 0.25) is 0 Å². The Balaban J connectivity index is 2.12. The number of halogens is 4. The minimum atomic E-state index is -4.19. The Hall–Kier alpha value is -2.61. The predicted molar refractivity (Wildman–Crippen MR) is 80.2 cm³/mol. The van der Waals surface area contributed by atoms with Crippen LogP contribution in [0.25, 0.3) is 0 Å². The van der Waals surface area contributed by atoms with Crippen LogP contribution in [0.4, 0.5) is 23.2 Å². The number of fused-ring (bicyclic) bond motifs is 1. The van der Waals surface area contributed by atoms with E-state index in [1.54, 1.807) is 0 Å². The van der Waals surface area contributed by atoms with Crippen LogP contribution in [0.1, 0.15) is 24.2 Å². The maximum absolute atomic E-state index is 14.0. The van der Waals surface area contributed by atoms with Gasteiger partial charge in [0.1, 0.15) is 11.6 Å². The first kappa shape index (κ1) is 17.2. The normalized spacial score (nSPS) is 17.0. The SMILES string of the molecule is C[C@@H](O)c1cccc2c1OC(F)(F)C(=O)N2Cc1cc(F)ccc1F. The number of nitrogens with zero attached hydrogens (tertiary/aromatic N) is 1. The first-order chi connectivity index (χ1) is 11.7. The number of hydrogen-bond donors (Lipinski definition) is 1. The van der Waals surface area contributed by atoms with Crippen molar-refractivity contribution in [1.29, 1.82) is 0 Å². The molecule has 0 fully saturated rings. The largest absolute Gasteiger partial charge is 0.483 e. The van der Waals surface area contributed by atoms with Crippen LogP contribution in [0.5, 0.6) is 5.75 Å². The van der Waals surface area contributed by atoms with Crippen molar-refractivity contribution >= 4 is 11.6 Å². The second kappa shape index (κ2) is 6.03. The van der Waals surface area contributed by atoms with Gasteiger partial charge in [-0.3, -0.25) is 9.69 Å². The highest BCUT2D eigenvalue weighted by molar-refractivity contribution is 6.01. The van der Waals surface area contributed by atoms with Crippen LogP contribution in [-0.2, 0) is 11.3 Å². The number of carbonyl (C=O) groups excluding carboxylic acids is 1. The molecule has 1 amide bonds. The summed E-state index contributed by atoms with van der Waals surface area (Å²) in [4.78, 5) is 12.7. The van der Waals surface area contributed by atoms with Gasteiger partial charge in [0.25, 0.3) is 0 Å². The molecule has 25 heavy (non-hydrogen) atoms. The Kier molecular flexibility index (Phi) is 4.16. The highest BCUT2D eigenvalue weighted by Crippen LogP contribution is 2.44. The lowest BCUT2D eigenvalue weighted by Crippen LogP contribution is -2.50. The lowest BCUT2D eigenvalue weighted by molar-refractivity contribution is -0.193. The molecule has 8 heteroatoms. The van der Waals surface area contributed by atoms with Crippen molar-refractivity contribution in [2.24, 2.45) is 0 Å². The Morgan fingerprint density at radius 3 is 2.64 bits per heavy atom. The van der Waals surface area contributed by atoms with Crippen molar-refractivity contribution < 1.29 is 32.2 Å². The monoisotopic (exact) mass is 355 g/mol. The molecule has 0 spiro atoms. The zero-order valence-electron chi connectivity index (χ0n) is 13.0. The molecule has 1 N–H and O–H groups in total. The fourth-order valence-corrected chi connectivity index (χ4v) is 2.63. The van der Waals surface area contributed by atoms with E-state index in [1.807, 2.05) is 0 Å². The molecule has 2 aromatic carbocycles. The number of aliphatic hydroxyl groups is 1. The van der Waals surface area contributed by atoms with Gasteiger partial charge in [0.05, 0.1) is 18.3 Å². The molecule has 1 aliphatic rings. The number of amides is 1. The number of carbonyl (C=O) groups is 1. The molecule has 132 valence electrons. The second-order valence-corrected chi connectivity index (χ2v) is 5.62. The number of rotatable bonds is 3. The standard InChI is InChI=1S/C17H13F4NO3/c1-9(23)12-3-2-4-14-15(12)25-17(20,21)16(24)22(14)8-10-7-11(18)5-6-13(10)19/h2-7,9,23H,8H2,1H3/t9-/m1/s1. The Morgan fingerprint density at radius 1 is 1.24 bits per heavy atom. The summed E-state index contributed by atoms with van der Waals surface area (Å²) in [5, 5.41) is 9.73. The Bertz CT molecular complexity index is 839. The maximum atomic E-state index is 14.0. The second-order valence-electron chi connectivity index (χ2n) is 5.62. The van der Waals surface area contributed by atoms with Crippen molar-refractivity contribution in [2.75, 3.05) is 4.90 Å². The summed E-state index contributed by atoms with van der Waals surface area (Å²) in [6, 6.07) is 6.70. The molecule has 0 bridgehead atoms. The summed E-state index contributed by atoms with van der Waals surface area (Å²) in [6.07, 6.45) is -5.33. The topological polar surface area (TPSA) is 49.8 Å². The predicted octanol–water partition coefficient (Wildman–Crippen LogP) is 3.54. The van der Waals surface area contributed by atoms with Crippen molar-refractivity contribution in [1.82, 2.24) is 0 Å². The summed E-state index contributed by atoms with van der Waals surface area (Å²) in [7, 11) is 0. The molecular formula is C17H13F4NO3. The van der Waals surface area contributed by atoms with Gasteiger partial charge in [-0.15, -0.1) is 0 Å². The van der Waals surface area contributed by atoms with Crippen LogP contribution in [-0.4, -0.2) is 17.1 Å². The number of benzene rings is 2. The molecule has 0 aromatic heterocycles. The van der Waals surface area contributed by atoms with E-state index in [4.69, 9.17) is 0 Å². The number of alkyl halides is 2. The lowest BCUT2D eigenvalue weighted by atomic mass is 10.1. The van der Waals surface area contributed by atoms with Crippen LogP contribution in [0.15, 0.2) is 36.4 Å². The van der Waals surface area contributed by atoms with Crippen molar-refractivity contribution in [3.8, 4) is 5.75 Å². The Labute approximate surface area is 140 Å². The third-order valence-corrected chi connectivity index (χ3v) is 3.83. The highest BCUT2D eigenvalue weighted by atomic mass is 19.3. The zero-order valence-corrected chi connectivity index (χ0v) is 13.0. The number of ether oxygens (including phenoxy) is 1. The first-order valence-electron chi connectivity index (χ1n) is 7.34. The lowest BCUT2D eigenvalue weighted by Gasteiger charge is -2.35. The quantitative estimate of drug-likeness (QED) is 0.857. The van der Waals surface area contributed by atoms with Crippen LogP contribution in [0.3, 0.4) is 0 Å². The highest BCUT2D eigenvalue weighted by Gasteiger charge is 2.51. The molecule has 1 heterocycles. The summed E-state index contributed by atoms with van der Waals surface area (Å²) in [6.45, 7) is 0.738. The third-order valence-electron chi connectivity index (χ3n) is 3.83. The van der Waals surface area contributed by atoms with Crippen molar-refractivity contribution in [3.05, 3.63) is 59.2 Å². The van der Waals surface area contributed by atoms with E-state index in [2.05, 4.69) is 4.74 Å². The molecule has 4 nitrogen and oxygen atoms in total. The van der Waals surface area contributed by atoms with Crippen molar-refractivity contribution in [2.45, 2.75) is 25.7 Å². The molecule has 0 radical (unpaired) electrons. The van der Waals surface area contributed by atoms with Gasteiger partial charge < -0.3 is 9.84 Å². The van der Waals surface area contributed by atoms with Crippen LogP contribution >= 0.6 is 0 Å². The van der Waals surface area contributed by atoms with Gasteiger partial charge >= 0.3 is 12.0 Å². The van der Waals surface area contributed by atoms with E-state index in [9.17, 15) is 27.5 Å². The molecular weight excluding hydrogens is 342 g/mol. The molecule has 2 aromatic rings. The summed E-state index contributed by atoms with van der Waals surface area (Å²) < 4.78 is 59.7. The smallest absolute Gasteiger partial charge is 0.423 e. The number of para-hydroxylation sites is 1. The van der Waals surface area contributed by atoms with Crippen molar-refractivity contribution in [3.63, 3.8) is 0 Å². The van der Waals surface area contributed by atoms with Crippen LogP contribution < -0.4 is 9.64 Å². The van der Waals surface area contributed by atoms with E-state index in [0.29, 0.717) is 4.90 Å². The number of aliphatic hydroxyl groups excluding tert-OH is 1. The molecule has 1 atom stereocenters. The maximum Gasteiger partial charge on any atom is 0.483 e. The fraction of sp³-hybridized carbons (Fsp3) is 0.235. The van der Waals surface area contributed by atoms with E-state index >= 15 is 0 Å². The van der Waals surface area contributed by atoms with Gasteiger partial charge in [0.15, 0.2) is 5.75 Å². The van der Waals surface area contributed by atoms with Gasteiger partial charge in [0.2, 0.25) is 0 Å². The van der Waals surface area contributed by atoms with Gasteiger partial charge in [-0.2, -0.15) is 8.78 Å². The molecule has 0 unspecified atom stereocenters. The number of hydrogen-bond acceptors (Lipinski definition) is 3. The fourth-order valence-electron chi connectivity index (χ4n) is 2.63. The van der Waals surface area contributed by atoms with E-state index < -0.39 is 36.3 Å². The van der Waals surface area contributed by atoms with Gasteiger partial charge in [-0.25, -0.2) is 8.78 Å². The van der Waals surface area contributed by atoms with Gasteiger partial charge in [-0.05, 0) is 31.2 Å². The summed E-state index contributed by atoms with van der Waals surface area (Å²) >= 11 is 0. The molecule has 1 aliphatic heterocycles. The van der Waals surface area contributed by atoms with Crippen LogP contribution in [0, 0.1) is 11.6 Å². The first-order valence-corrected chi connectivity index (χ1v) is 7.34. The van der Waals surface area contributed by atoms with E-state index in [0.717, 1.165) is 18.2 Å². The zero-order chi connectivity index (χ0) is 18.4. The van der Waals surface area contributed by atoms with Gasteiger partial charge in [-0.1, -0.05) is 12.1 Å². The average Bonchev–Trinajstić information content (AvgIpc) is 2.54. The van der Waals surface area contributed by atoms with Gasteiger partial charge in [0, 0.05) is 11.1 Å². The molecule has 0 aliphatic carbocycles. The number of anilines is 1.